The van der Waals surface area contributed by atoms with E-state index in [-0.39, 0.29) is 11.8 Å². The van der Waals surface area contributed by atoms with Crippen molar-refractivity contribution < 1.29 is 9.59 Å². The predicted molar refractivity (Wildman–Crippen MR) is 128 cm³/mol. The average molecular weight is 443 g/mol. The molecule has 2 amide bonds. The maximum absolute atomic E-state index is 13.2. The van der Waals surface area contributed by atoms with Crippen LogP contribution in [-0.2, 0) is 22.6 Å². The molecule has 4 nitrogen and oxygen atoms in total. The summed E-state index contributed by atoms with van der Waals surface area (Å²) in [5, 5.41) is 3.54. The molecule has 0 aliphatic rings. The Morgan fingerprint density at radius 2 is 1.61 bits per heavy atom. The molecule has 0 heterocycles. The van der Waals surface area contributed by atoms with E-state index < -0.39 is 6.04 Å². The van der Waals surface area contributed by atoms with Gasteiger partial charge in [0.25, 0.3) is 0 Å². The van der Waals surface area contributed by atoms with Crippen molar-refractivity contribution in [2.24, 2.45) is 5.92 Å². The Balaban J connectivity index is 2.12. The van der Waals surface area contributed by atoms with Crippen molar-refractivity contribution in [3.63, 3.8) is 0 Å². The first kappa shape index (κ1) is 24.9. The van der Waals surface area contributed by atoms with Gasteiger partial charge in [0.15, 0.2) is 0 Å². The number of hydrogen-bond acceptors (Lipinski definition) is 2. The van der Waals surface area contributed by atoms with Crippen LogP contribution < -0.4 is 5.32 Å². The van der Waals surface area contributed by atoms with Gasteiger partial charge in [0.05, 0.1) is 0 Å². The number of amides is 2. The highest BCUT2D eigenvalue weighted by Crippen LogP contribution is 2.20. The molecule has 2 aromatic rings. The highest BCUT2D eigenvalue weighted by Gasteiger charge is 2.26. The van der Waals surface area contributed by atoms with Crippen LogP contribution in [0.1, 0.15) is 63.6 Å². The summed E-state index contributed by atoms with van der Waals surface area (Å²) in [6, 6.07) is 15.3. The Bertz CT molecular complexity index is 862. The second-order valence-electron chi connectivity index (χ2n) is 8.82. The van der Waals surface area contributed by atoms with Gasteiger partial charge >= 0.3 is 0 Å². The summed E-state index contributed by atoms with van der Waals surface area (Å²) in [5.74, 6) is 0.625. The second kappa shape index (κ2) is 11.9. The van der Waals surface area contributed by atoms with Crippen molar-refractivity contribution in [3.8, 4) is 0 Å². The largest absolute Gasteiger partial charge is 0.354 e. The minimum Gasteiger partial charge on any atom is -0.354 e. The van der Waals surface area contributed by atoms with Crippen LogP contribution >= 0.6 is 11.6 Å². The zero-order valence-electron chi connectivity index (χ0n) is 19.3. The van der Waals surface area contributed by atoms with E-state index >= 15 is 0 Å². The molecule has 168 valence electrons. The van der Waals surface area contributed by atoms with Gasteiger partial charge in [-0.3, -0.25) is 9.59 Å². The summed E-state index contributed by atoms with van der Waals surface area (Å²) in [7, 11) is 0. The smallest absolute Gasteiger partial charge is 0.242 e. The van der Waals surface area contributed by atoms with E-state index in [1.54, 1.807) is 17.9 Å². The fourth-order valence-corrected chi connectivity index (χ4v) is 3.50. The molecular formula is C26H35ClN2O2. The van der Waals surface area contributed by atoms with Crippen LogP contribution in [0, 0.1) is 5.92 Å². The summed E-state index contributed by atoms with van der Waals surface area (Å²) >= 11 is 6.33. The monoisotopic (exact) mass is 442 g/mol. The van der Waals surface area contributed by atoms with Gasteiger partial charge < -0.3 is 10.2 Å². The second-order valence-corrected chi connectivity index (χ2v) is 9.23. The maximum Gasteiger partial charge on any atom is 0.242 e. The molecule has 31 heavy (non-hydrogen) atoms. The number of rotatable bonds is 10. The van der Waals surface area contributed by atoms with Gasteiger partial charge in [-0.15, -0.1) is 0 Å². The van der Waals surface area contributed by atoms with Crippen LogP contribution in [0.25, 0.3) is 0 Å². The molecule has 2 rings (SSSR count). The number of benzene rings is 2. The number of halogens is 1. The summed E-state index contributed by atoms with van der Waals surface area (Å²) in [5.41, 5.74) is 3.24. The molecule has 0 radical (unpaired) electrons. The zero-order chi connectivity index (χ0) is 23.0. The highest BCUT2D eigenvalue weighted by atomic mass is 35.5. The Kier molecular flexibility index (Phi) is 9.57. The topological polar surface area (TPSA) is 49.4 Å². The molecule has 0 aliphatic carbocycles. The molecule has 0 bridgehead atoms. The predicted octanol–water partition coefficient (Wildman–Crippen LogP) is 5.59. The van der Waals surface area contributed by atoms with E-state index in [1.807, 2.05) is 32.0 Å². The van der Waals surface area contributed by atoms with Crippen molar-refractivity contribution in [3.05, 3.63) is 70.2 Å². The van der Waals surface area contributed by atoms with Crippen LogP contribution in [0.5, 0.6) is 0 Å². The minimum absolute atomic E-state index is 0.0555. The third kappa shape index (κ3) is 7.70. The fraction of sp³-hybridized carbons (Fsp3) is 0.462. The lowest BCUT2D eigenvalue weighted by Gasteiger charge is -2.29. The molecule has 0 spiro atoms. The van der Waals surface area contributed by atoms with E-state index in [2.05, 4.69) is 43.4 Å². The van der Waals surface area contributed by atoms with Crippen LogP contribution in [0.3, 0.4) is 0 Å². The Morgan fingerprint density at radius 1 is 0.968 bits per heavy atom. The first-order chi connectivity index (χ1) is 14.7. The molecule has 0 saturated carbocycles. The Labute approximate surface area is 192 Å². The molecule has 2 aromatic carbocycles. The summed E-state index contributed by atoms with van der Waals surface area (Å²) in [4.78, 5) is 27.5. The van der Waals surface area contributed by atoms with Crippen LogP contribution in [0.2, 0.25) is 5.02 Å². The molecule has 5 heteroatoms. The summed E-state index contributed by atoms with van der Waals surface area (Å²) in [6.07, 6.45) is 0.976. The number of carbonyl (C=O) groups excluding carboxylic acids is 2. The van der Waals surface area contributed by atoms with E-state index in [0.29, 0.717) is 42.8 Å². The Hall–Kier alpha value is -2.33. The lowest BCUT2D eigenvalue weighted by molar-refractivity contribution is -0.140. The average Bonchev–Trinajstić information content (AvgIpc) is 2.75. The quantitative estimate of drug-likeness (QED) is 0.521. The van der Waals surface area contributed by atoms with Gasteiger partial charge in [0.1, 0.15) is 6.04 Å². The van der Waals surface area contributed by atoms with Crippen molar-refractivity contribution in [1.82, 2.24) is 10.2 Å². The summed E-state index contributed by atoms with van der Waals surface area (Å²) < 4.78 is 0. The Morgan fingerprint density at radius 3 is 2.19 bits per heavy atom. The van der Waals surface area contributed by atoms with Gasteiger partial charge in [0.2, 0.25) is 11.8 Å². The number of carbonyl (C=O) groups is 2. The third-order valence-corrected chi connectivity index (χ3v) is 5.79. The minimum atomic E-state index is -0.578. The van der Waals surface area contributed by atoms with Gasteiger partial charge in [-0.2, -0.15) is 0 Å². The van der Waals surface area contributed by atoms with Crippen molar-refractivity contribution in [2.75, 3.05) is 6.54 Å². The molecule has 0 fully saturated rings. The maximum atomic E-state index is 13.2. The van der Waals surface area contributed by atoms with Crippen LogP contribution in [-0.4, -0.2) is 29.3 Å². The number of hydrogen-bond donors (Lipinski definition) is 1. The third-order valence-electron chi connectivity index (χ3n) is 5.42. The van der Waals surface area contributed by atoms with Crippen LogP contribution in [0.15, 0.2) is 48.5 Å². The van der Waals surface area contributed by atoms with Gasteiger partial charge in [-0.25, -0.2) is 0 Å². The molecule has 0 aromatic heterocycles. The van der Waals surface area contributed by atoms with E-state index in [1.165, 1.54) is 5.56 Å². The molecule has 0 unspecified atom stereocenters. The first-order valence-corrected chi connectivity index (χ1v) is 11.5. The molecule has 0 saturated heterocycles. The SMILES string of the molecule is CC(C)CNC(=O)[C@H](C)N(Cc1ccccc1Cl)C(=O)CCc1ccc(C(C)C)cc1. The normalized spacial score (nSPS) is 12.1. The lowest BCUT2D eigenvalue weighted by Crippen LogP contribution is -2.48. The van der Waals surface area contributed by atoms with Crippen LogP contribution in [0.4, 0.5) is 0 Å². The van der Waals surface area contributed by atoms with Crippen molar-refractivity contribution in [2.45, 2.75) is 66.0 Å². The van der Waals surface area contributed by atoms with E-state index in [0.717, 1.165) is 11.1 Å². The molecule has 1 atom stereocenters. The molecule has 1 N–H and O–H groups in total. The van der Waals surface area contributed by atoms with Gasteiger partial charge in [-0.1, -0.05) is 81.8 Å². The van der Waals surface area contributed by atoms with Gasteiger partial charge in [-0.05, 0) is 47.9 Å². The highest BCUT2D eigenvalue weighted by molar-refractivity contribution is 6.31. The molecule has 0 aliphatic heterocycles. The number of nitrogens with one attached hydrogen (secondary N) is 1. The molecular weight excluding hydrogens is 408 g/mol. The van der Waals surface area contributed by atoms with Crippen molar-refractivity contribution >= 4 is 23.4 Å². The van der Waals surface area contributed by atoms with Crippen molar-refractivity contribution in [1.29, 1.82) is 0 Å². The lowest BCUT2D eigenvalue weighted by atomic mass is 10.00. The van der Waals surface area contributed by atoms with Gasteiger partial charge in [0, 0.05) is 24.5 Å². The first-order valence-electron chi connectivity index (χ1n) is 11.1. The fourth-order valence-electron chi connectivity index (χ4n) is 3.31. The van der Waals surface area contributed by atoms with E-state index in [9.17, 15) is 9.59 Å². The number of aryl methyl sites for hydroxylation is 1. The van der Waals surface area contributed by atoms with E-state index in [4.69, 9.17) is 11.6 Å². The zero-order valence-corrected chi connectivity index (χ0v) is 20.1. The summed E-state index contributed by atoms with van der Waals surface area (Å²) in [6.45, 7) is 11.1. The standard InChI is InChI=1S/C26H35ClN2O2/c1-18(2)16-28-26(31)20(5)29(17-23-8-6-7-9-24(23)27)25(30)15-12-21-10-13-22(14-11-21)19(3)4/h6-11,13-14,18-20H,12,15-17H2,1-5H3,(H,28,31)/t20-/m0/s1. The number of nitrogens with zero attached hydrogens (tertiary/aromatic N) is 1.